The molecule has 0 saturated heterocycles. The summed E-state index contributed by atoms with van der Waals surface area (Å²) in [6.45, 7) is 14.0. The number of esters is 1. The lowest BCUT2D eigenvalue weighted by molar-refractivity contribution is -0.140. The minimum atomic E-state index is -0.314. The molecule has 0 aliphatic heterocycles. The van der Waals surface area contributed by atoms with Crippen molar-refractivity contribution in [3.63, 3.8) is 0 Å². The van der Waals surface area contributed by atoms with E-state index in [0.29, 0.717) is 29.3 Å². The lowest BCUT2D eigenvalue weighted by Gasteiger charge is -2.17. The lowest BCUT2D eigenvalue weighted by atomic mass is 9.96. The Morgan fingerprint density at radius 1 is 1.35 bits per heavy atom. The number of carbonyl (C=O) groups excluding carboxylic acids is 1. The smallest absolute Gasteiger partial charge is 0.334 e. The molecule has 0 bridgehead atoms. The van der Waals surface area contributed by atoms with Gasteiger partial charge in [-0.15, -0.1) is 0 Å². The fourth-order valence-corrected chi connectivity index (χ4v) is 2.85. The number of aliphatic imine (C=N–C) groups is 1. The molecule has 1 atom stereocenters. The molecule has 0 aromatic heterocycles. The summed E-state index contributed by atoms with van der Waals surface area (Å²) in [7, 11) is 0. The highest BCUT2D eigenvalue weighted by atomic mass is 16.5. The average molecular weight is 360 g/mol. The molecule has 1 rings (SSSR count). The number of rotatable bonds is 10. The van der Waals surface area contributed by atoms with E-state index < -0.39 is 0 Å². The van der Waals surface area contributed by atoms with Gasteiger partial charge in [0, 0.05) is 11.1 Å². The van der Waals surface area contributed by atoms with E-state index in [1.54, 1.807) is 18.2 Å². The van der Waals surface area contributed by atoms with Crippen molar-refractivity contribution in [2.75, 3.05) is 6.61 Å². The first-order valence-corrected chi connectivity index (χ1v) is 9.53. The van der Waals surface area contributed by atoms with Gasteiger partial charge >= 0.3 is 5.97 Å². The van der Waals surface area contributed by atoms with Crippen LogP contribution in [0.4, 0.5) is 5.69 Å². The summed E-state index contributed by atoms with van der Waals surface area (Å²) in [5.74, 6) is 0.189. The van der Waals surface area contributed by atoms with E-state index in [2.05, 4.69) is 25.6 Å². The van der Waals surface area contributed by atoms with Crippen molar-refractivity contribution in [2.24, 2.45) is 16.8 Å². The summed E-state index contributed by atoms with van der Waals surface area (Å²) >= 11 is 0. The number of phenols is 1. The van der Waals surface area contributed by atoms with Crippen LogP contribution in [0.25, 0.3) is 6.08 Å². The van der Waals surface area contributed by atoms with Crippen LogP contribution in [0.5, 0.6) is 5.75 Å². The number of hydrogen-bond acceptors (Lipinski definition) is 4. The lowest BCUT2D eigenvalue weighted by Crippen LogP contribution is -2.17. The molecular weight excluding hydrogens is 326 g/mol. The van der Waals surface area contributed by atoms with Crippen LogP contribution in [0.2, 0.25) is 0 Å². The number of nitrogens with zero attached hydrogens (tertiary/aromatic N) is 1. The van der Waals surface area contributed by atoms with Crippen molar-refractivity contribution in [3.8, 4) is 5.75 Å². The van der Waals surface area contributed by atoms with Gasteiger partial charge in [-0.2, -0.15) is 0 Å². The van der Waals surface area contributed by atoms with Crippen molar-refractivity contribution in [2.45, 2.75) is 60.3 Å². The first-order valence-electron chi connectivity index (χ1n) is 9.53. The summed E-state index contributed by atoms with van der Waals surface area (Å²) in [4.78, 5) is 16.6. The molecule has 0 heterocycles. The molecule has 1 aromatic carbocycles. The minimum absolute atomic E-state index is 0.0163. The number of carbonyl (C=O) groups is 1. The van der Waals surface area contributed by atoms with Crippen LogP contribution in [0.3, 0.4) is 0 Å². The Morgan fingerprint density at radius 3 is 2.58 bits per heavy atom. The van der Waals surface area contributed by atoms with E-state index in [9.17, 15) is 9.90 Å². The standard InChI is InChI=1S/C22H33NO3/c1-7-9-10-17(8-2)14-26-22(25)18(15(3)4)13-19-16(5)20(23-6)11-12-21(19)24/h11-13,15,17,24H,6-10,14H2,1-5H3/b18-13+/t17-/m0/s1. The zero-order valence-electron chi connectivity index (χ0n) is 16.8. The van der Waals surface area contributed by atoms with Crippen LogP contribution in [-0.4, -0.2) is 24.4 Å². The van der Waals surface area contributed by atoms with Gasteiger partial charge in [0.05, 0.1) is 12.3 Å². The van der Waals surface area contributed by atoms with Gasteiger partial charge in [-0.05, 0) is 55.7 Å². The molecule has 0 aliphatic rings. The first-order chi connectivity index (χ1) is 12.3. The van der Waals surface area contributed by atoms with Gasteiger partial charge in [-0.3, -0.25) is 4.99 Å². The normalized spacial score (nSPS) is 12.9. The van der Waals surface area contributed by atoms with Crippen molar-refractivity contribution in [1.29, 1.82) is 0 Å². The van der Waals surface area contributed by atoms with Gasteiger partial charge in [0.1, 0.15) is 5.75 Å². The monoisotopic (exact) mass is 359 g/mol. The van der Waals surface area contributed by atoms with Crippen LogP contribution < -0.4 is 0 Å². The van der Waals surface area contributed by atoms with Crippen LogP contribution in [0, 0.1) is 18.8 Å². The Balaban J connectivity index is 3.03. The van der Waals surface area contributed by atoms with E-state index in [1.807, 2.05) is 20.8 Å². The Kier molecular flexibility index (Phi) is 9.11. The van der Waals surface area contributed by atoms with Crippen molar-refractivity contribution >= 4 is 24.5 Å². The van der Waals surface area contributed by atoms with Gasteiger partial charge in [-0.1, -0.05) is 47.0 Å². The molecule has 4 heteroatoms. The molecule has 1 aromatic rings. The summed E-state index contributed by atoms with van der Waals surface area (Å²) in [5.41, 5.74) is 2.62. The molecule has 0 radical (unpaired) electrons. The second-order valence-electron chi connectivity index (χ2n) is 7.07. The summed E-state index contributed by atoms with van der Waals surface area (Å²) in [6.07, 6.45) is 6.10. The minimum Gasteiger partial charge on any atom is -0.507 e. The highest BCUT2D eigenvalue weighted by Crippen LogP contribution is 2.32. The van der Waals surface area contributed by atoms with Gasteiger partial charge in [0.2, 0.25) is 0 Å². The molecule has 26 heavy (non-hydrogen) atoms. The second-order valence-corrected chi connectivity index (χ2v) is 7.07. The van der Waals surface area contributed by atoms with Crippen LogP contribution in [0.15, 0.2) is 22.7 Å². The number of phenolic OH excluding ortho intramolecular Hbond substituents is 1. The molecule has 144 valence electrons. The maximum Gasteiger partial charge on any atom is 0.334 e. The van der Waals surface area contributed by atoms with Gasteiger partial charge in [0.25, 0.3) is 0 Å². The maximum absolute atomic E-state index is 12.7. The van der Waals surface area contributed by atoms with Crippen molar-refractivity contribution in [3.05, 3.63) is 28.8 Å². The van der Waals surface area contributed by atoms with E-state index in [1.165, 1.54) is 0 Å². The van der Waals surface area contributed by atoms with Crippen molar-refractivity contribution in [1.82, 2.24) is 0 Å². The van der Waals surface area contributed by atoms with Gasteiger partial charge < -0.3 is 9.84 Å². The van der Waals surface area contributed by atoms with Crippen LogP contribution >= 0.6 is 0 Å². The molecule has 0 saturated carbocycles. The predicted molar refractivity (Wildman–Crippen MR) is 109 cm³/mol. The molecule has 4 nitrogen and oxygen atoms in total. The molecule has 0 spiro atoms. The van der Waals surface area contributed by atoms with Crippen LogP contribution in [0.1, 0.15) is 64.5 Å². The number of benzene rings is 1. The third-order valence-corrected chi connectivity index (χ3v) is 4.78. The van der Waals surface area contributed by atoms with E-state index in [-0.39, 0.29) is 17.6 Å². The summed E-state index contributed by atoms with van der Waals surface area (Å²) in [6, 6.07) is 3.28. The zero-order chi connectivity index (χ0) is 19.7. The quantitative estimate of drug-likeness (QED) is 0.325. The van der Waals surface area contributed by atoms with E-state index in [0.717, 1.165) is 31.2 Å². The van der Waals surface area contributed by atoms with E-state index in [4.69, 9.17) is 4.74 Å². The topological polar surface area (TPSA) is 58.9 Å². The second kappa shape index (κ2) is 10.8. The number of unbranched alkanes of at least 4 members (excludes halogenated alkanes) is 1. The number of ether oxygens (including phenoxy) is 1. The predicted octanol–water partition coefficient (Wildman–Crippen LogP) is 5.83. The zero-order valence-corrected chi connectivity index (χ0v) is 16.8. The Hall–Kier alpha value is -2.10. The molecular formula is C22H33NO3. The number of aromatic hydroxyl groups is 1. The Morgan fingerprint density at radius 2 is 2.04 bits per heavy atom. The highest BCUT2D eigenvalue weighted by molar-refractivity contribution is 5.95. The SMILES string of the molecule is C=Nc1ccc(O)c(/C=C(/C(=O)OC[C@@H](CC)CCCC)C(C)C)c1C. The van der Waals surface area contributed by atoms with Crippen molar-refractivity contribution < 1.29 is 14.6 Å². The summed E-state index contributed by atoms with van der Waals surface area (Å²) < 4.78 is 5.60. The fraction of sp³-hybridized carbons (Fsp3) is 0.545. The first kappa shape index (κ1) is 21.9. The molecule has 1 N–H and O–H groups in total. The van der Waals surface area contributed by atoms with Crippen LogP contribution in [-0.2, 0) is 9.53 Å². The Bertz CT molecular complexity index is 647. The Labute approximate surface area is 158 Å². The third-order valence-electron chi connectivity index (χ3n) is 4.78. The largest absolute Gasteiger partial charge is 0.507 e. The highest BCUT2D eigenvalue weighted by Gasteiger charge is 2.19. The van der Waals surface area contributed by atoms with Gasteiger partial charge in [-0.25, -0.2) is 4.79 Å². The molecule has 0 unspecified atom stereocenters. The van der Waals surface area contributed by atoms with E-state index >= 15 is 0 Å². The van der Waals surface area contributed by atoms with Gasteiger partial charge in [0.15, 0.2) is 0 Å². The third kappa shape index (κ3) is 6.01. The molecule has 0 aliphatic carbocycles. The maximum atomic E-state index is 12.7. The summed E-state index contributed by atoms with van der Waals surface area (Å²) in [5, 5.41) is 10.2. The molecule has 0 amide bonds. The fourth-order valence-electron chi connectivity index (χ4n) is 2.85. The number of hydrogen-bond donors (Lipinski definition) is 1. The average Bonchev–Trinajstić information content (AvgIpc) is 2.61. The molecule has 0 fully saturated rings.